The topological polar surface area (TPSA) is 61.5 Å². The van der Waals surface area contributed by atoms with E-state index in [2.05, 4.69) is 0 Å². The Balaban J connectivity index is 2.24. The van der Waals surface area contributed by atoms with Crippen molar-refractivity contribution in [3.63, 3.8) is 0 Å². The van der Waals surface area contributed by atoms with Crippen molar-refractivity contribution >= 4 is 5.97 Å². The van der Waals surface area contributed by atoms with Gasteiger partial charge in [0.2, 0.25) is 0 Å². The third-order valence-corrected chi connectivity index (χ3v) is 2.58. The summed E-state index contributed by atoms with van der Waals surface area (Å²) in [4.78, 5) is 11.6. The van der Waals surface area contributed by atoms with Gasteiger partial charge in [-0.15, -0.1) is 0 Å². The van der Waals surface area contributed by atoms with Crippen LogP contribution in [-0.4, -0.2) is 30.3 Å². The highest BCUT2D eigenvalue weighted by Gasteiger charge is 2.24. The minimum atomic E-state index is -0.667. The fourth-order valence-corrected chi connectivity index (χ4v) is 1.67. The lowest BCUT2D eigenvalue weighted by atomic mass is 10.2. The first-order valence-electron chi connectivity index (χ1n) is 5.98. The average molecular weight is 229 g/mol. The van der Waals surface area contributed by atoms with E-state index in [9.17, 15) is 4.79 Å². The maximum atomic E-state index is 11.6. The summed E-state index contributed by atoms with van der Waals surface area (Å²) in [5, 5.41) is 0. The van der Waals surface area contributed by atoms with Gasteiger partial charge >= 0.3 is 5.97 Å². The fraction of sp³-hybridized carbons (Fsp3) is 0.917. The first-order chi connectivity index (χ1) is 7.38. The van der Waals surface area contributed by atoms with Crippen LogP contribution < -0.4 is 5.73 Å². The molecule has 0 aliphatic heterocycles. The maximum Gasteiger partial charge on any atom is 0.325 e. The summed E-state index contributed by atoms with van der Waals surface area (Å²) in [7, 11) is 0. The molecule has 2 N–H and O–H groups in total. The van der Waals surface area contributed by atoms with Gasteiger partial charge in [0, 0.05) is 0 Å². The van der Waals surface area contributed by atoms with Crippen molar-refractivity contribution in [1.82, 2.24) is 0 Å². The van der Waals surface area contributed by atoms with Gasteiger partial charge in [-0.05, 0) is 46.5 Å². The third kappa shape index (κ3) is 4.94. The number of carbonyl (C=O) groups excluding carboxylic acids is 1. The first kappa shape index (κ1) is 13.5. The molecule has 1 saturated carbocycles. The minimum Gasteiger partial charge on any atom is -0.461 e. The number of hydrogen-bond acceptors (Lipinski definition) is 4. The Morgan fingerprint density at radius 1 is 1.38 bits per heavy atom. The van der Waals surface area contributed by atoms with Gasteiger partial charge in [0.05, 0.1) is 12.2 Å². The van der Waals surface area contributed by atoms with Gasteiger partial charge in [-0.2, -0.15) is 0 Å². The van der Waals surface area contributed by atoms with Crippen molar-refractivity contribution in [2.24, 2.45) is 5.73 Å². The van der Waals surface area contributed by atoms with Crippen LogP contribution in [0.1, 0.15) is 46.5 Å². The van der Waals surface area contributed by atoms with E-state index in [0.717, 1.165) is 25.7 Å². The van der Waals surface area contributed by atoms with E-state index >= 15 is 0 Å². The zero-order valence-corrected chi connectivity index (χ0v) is 10.5. The Bertz CT molecular complexity index is 229. The number of carbonyl (C=O) groups is 1. The Morgan fingerprint density at radius 3 is 2.44 bits per heavy atom. The molecular formula is C12H23NO3. The number of rotatable bonds is 4. The van der Waals surface area contributed by atoms with Gasteiger partial charge in [-0.25, -0.2) is 0 Å². The van der Waals surface area contributed by atoms with Gasteiger partial charge in [0.25, 0.3) is 0 Å². The molecular weight excluding hydrogens is 206 g/mol. The Labute approximate surface area is 97.5 Å². The molecule has 1 atom stereocenters. The summed E-state index contributed by atoms with van der Waals surface area (Å²) in [6.45, 7) is 6.02. The highest BCUT2D eigenvalue weighted by molar-refractivity contribution is 5.75. The van der Waals surface area contributed by atoms with Crippen molar-refractivity contribution in [1.29, 1.82) is 0 Å². The van der Waals surface area contributed by atoms with Crippen molar-refractivity contribution < 1.29 is 14.3 Å². The van der Waals surface area contributed by atoms with Crippen LogP contribution in [-0.2, 0) is 14.3 Å². The van der Waals surface area contributed by atoms with Gasteiger partial charge in [-0.3, -0.25) is 4.79 Å². The van der Waals surface area contributed by atoms with Crippen LogP contribution in [0, 0.1) is 0 Å². The van der Waals surface area contributed by atoms with E-state index in [1.54, 1.807) is 0 Å². The molecule has 0 heterocycles. The SMILES string of the molecule is CC(C)(C)OC[C@@H](N)C(=O)OC1CCCC1. The molecule has 1 aliphatic rings. The molecule has 0 bridgehead atoms. The molecule has 0 spiro atoms. The zero-order valence-electron chi connectivity index (χ0n) is 10.5. The molecule has 1 rings (SSSR count). The summed E-state index contributed by atoms with van der Waals surface area (Å²) in [6, 6.07) is -0.667. The molecule has 0 unspecified atom stereocenters. The molecule has 16 heavy (non-hydrogen) atoms. The quantitative estimate of drug-likeness (QED) is 0.744. The molecule has 4 heteroatoms. The molecule has 0 radical (unpaired) electrons. The van der Waals surface area contributed by atoms with Crippen LogP contribution in [0.2, 0.25) is 0 Å². The van der Waals surface area contributed by atoms with Gasteiger partial charge < -0.3 is 15.2 Å². The second kappa shape index (κ2) is 5.64. The van der Waals surface area contributed by atoms with Crippen LogP contribution in [0.5, 0.6) is 0 Å². The van der Waals surface area contributed by atoms with E-state index in [1.165, 1.54) is 0 Å². The van der Waals surface area contributed by atoms with Crippen LogP contribution in [0.4, 0.5) is 0 Å². The van der Waals surface area contributed by atoms with Gasteiger partial charge in [-0.1, -0.05) is 0 Å². The number of hydrogen-bond donors (Lipinski definition) is 1. The van der Waals surface area contributed by atoms with Gasteiger partial charge in [0.15, 0.2) is 0 Å². The third-order valence-electron chi connectivity index (χ3n) is 2.58. The fourth-order valence-electron chi connectivity index (χ4n) is 1.67. The van der Waals surface area contributed by atoms with Crippen molar-refractivity contribution in [2.75, 3.05) is 6.61 Å². The second-order valence-electron chi connectivity index (χ2n) is 5.37. The summed E-state index contributed by atoms with van der Waals surface area (Å²) in [6.07, 6.45) is 4.31. The second-order valence-corrected chi connectivity index (χ2v) is 5.37. The van der Waals surface area contributed by atoms with E-state index in [4.69, 9.17) is 15.2 Å². The Hall–Kier alpha value is -0.610. The number of ether oxygens (including phenoxy) is 2. The summed E-state index contributed by atoms with van der Waals surface area (Å²) >= 11 is 0. The number of esters is 1. The number of nitrogens with two attached hydrogens (primary N) is 1. The lowest BCUT2D eigenvalue weighted by Gasteiger charge is -2.22. The molecule has 4 nitrogen and oxygen atoms in total. The van der Waals surface area contributed by atoms with E-state index in [-0.39, 0.29) is 24.3 Å². The summed E-state index contributed by atoms with van der Waals surface area (Å²) in [5.74, 6) is -0.337. The molecule has 0 amide bonds. The maximum absolute atomic E-state index is 11.6. The predicted molar refractivity (Wildman–Crippen MR) is 62.0 cm³/mol. The lowest BCUT2D eigenvalue weighted by molar-refractivity contribution is -0.153. The van der Waals surface area contributed by atoms with E-state index < -0.39 is 6.04 Å². The van der Waals surface area contributed by atoms with E-state index in [0.29, 0.717) is 0 Å². The summed E-state index contributed by atoms with van der Waals surface area (Å²) < 4.78 is 10.7. The van der Waals surface area contributed by atoms with Crippen molar-refractivity contribution in [2.45, 2.75) is 64.2 Å². The van der Waals surface area contributed by atoms with Crippen LogP contribution in [0.3, 0.4) is 0 Å². The van der Waals surface area contributed by atoms with Crippen LogP contribution in [0.25, 0.3) is 0 Å². The monoisotopic (exact) mass is 229 g/mol. The van der Waals surface area contributed by atoms with Crippen LogP contribution in [0.15, 0.2) is 0 Å². The van der Waals surface area contributed by atoms with Crippen molar-refractivity contribution in [3.05, 3.63) is 0 Å². The highest BCUT2D eigenvalue weighted by Crippen LogP contribution is 2.21. The smallest absolute Gasteiger partial charge is 0.325 e. The van der Waals surface area contributed by atoms with Crippen LogP contribution >= 0.6 is 0 Å². The predicted octanol–water partition coefficient (Wildman–Crippen LogP) is 1.61. The first-order valence-corrected chi connectivity index (χ1v) is 5.98. The van der Waals surface area contributed by atoms with Crippen molar-refractivity contribution in [3.8, 4) is 0 Å². The molecule has 0 aromatic heterocycles. The van der Waals surface area contributed by atoms with E-state index in [1.807, 2.05) is 20.8 Å². The lowest BCUT2D eigenvalue weighted by Crippen LogP contribution is -2.40. The zero-order chi connectivity index (χ0) is 12.2. The molecule has 1 aliphatic carbocycles. The van der Waals surface area contributed by atoms with Gasteiger partial charge in [0.1, 0.15) is 12.1 Å². The molecule has 1 fully saturated rings. The summed E-state index contributed by atoms with van der Waals surface area (Å²) in [5.41, 5.74) is 5.43. The Kier molecular flexibility index (Phi) is 4.74. The minimum absolute atomic E-state index is 0.0770. The standard InChI is InChI=1S/C12H23NO3/c1-12(2,3)15-8-10(13)11(14)16-9-6-4-5-7-9/h9-10H,4-8,13H2,1-3H3/t10-/m1/s1. The normalized spacial score (nSPS) is 19.8. The molecule has 0 aromatic carbocycles. The largest absolute Gasteiger partial charge is 0.461 e. The Morgan fingerprint density at radius 2 is 1.94 bits per heavy atom. The molecule has 94 valence electrons. The highest BCUT2D eigenvalue weighted by atomic mass is 16.6. The molecule has 0 saturated heterocycles. The average Bonchev–Trinajstić information content (AvgIpc) is 2.65. The molecule has 0 aromatic rings.